The van der Waals surface area contributed by atoms with Gasteiger partial charge < -0.3 is 5.73 Å². The van der Waals surface area contributed by atoms with Gasteiger partial charge in [-0.1, -0.05) is 41.9 Å². The maximum Gasteiger partial charge on any atom is 0.242 e. The van der Waals surface area contributed by atoms with Crippen LogP contribution in [0.15, 0.2) is 36.7 Å². The molecule has 0 saturated heterocycles. The third kappa shape index (κ3) is 3.56. The highest BCUT2D eigenvalue weighted by Gasteiger charge is 2.07. The summed E-state index contributed by atoms with van der Waals surface area (Å²) in [6.45, 7) is 0. The predicted octanol–water partition coefficient (Wildman–Crippen LogP) is 1.40. The van der Waals surface area contributed by atoms with Crippen molar-refractivity contribution in [3.8, 4) is 0 Å². The largest absolute Gasteiger partial charge is 0.393 e. The van der Waals surface area contributed by atoms with E-state index in [9.17, 15) is 4.79 Å². The summed E-state index contributed by atoms with van der Waals surface area (Å²) in [4.78, 5) is 19.3. The number of anilines is 2. The van der Waals surface area contributed by atoms with E-state index in [-0.39, 0.29) is 29.0 Å². The van der Waals surface area contributed by atoms with Crippen molar-refractivity contribution in [2.45, 2.75) is 6.42 Å². The Kier molecular flexibility index (Phi) is 4.15. The maximum absolute atomic E-state index is 11.7. The first-order chi connectivity index (χ1) is 9.16. The Balaban J connectivity index is 1.92. The Morgan fingerprint density at radius 2 is 2.00 bits per heavy atom. The highest BCUT2D eigenvalue weighted by atomic mass is 35.5. The van der Waals surface area contributed by atoms with Crippen molar-refractivity contribution < 1.29 is 4.79 Å². The minimum Gasteiger partial charge on any atom is -0.393 e. The van der Waals surface area contributed by atoms with Crippen molar-refractivity contribution in [2.75, 3.05) is 11.2 Å². The number of nitrogens with two attached hydrogens (primary N) is 1. The molecule has 4 N–H and O–H groups in total. The Morgan fingerprint density at radius 1 is 1.26 bits per heavy atom. The fourth-order valence-electron chi connectivity index (χ4n) is 1.43. The summed E-state index contributed by atoms with van der Waals surface area (Å²) in [5.74, 6) is 0.0572. The van der Waals surface area contributed by atoms with Crippen LogP contribution < -0.4 is 16.6 Å². The zero-order valence-electron chi connectivity index (χ0n) is 9.93. The first kappa shape index (κ1) is 13.1. The fraction of sp³-hybridized carbons (Fsp3) is 0.0833. The summed E-state index contributed by atoms with van der Waals surface area (Å²) in [6.07, 6.45) is 1.51. The van der Waals surface area contributed by atoms with Gasteiger partial charge in [0.05, 0.1) is 6.42 Å². The summed E-state index contributed by atoms with van der Waals surface area (Å²) >= 11 is 5.73. The molecule has 1 aromatic heterocycles. The van der Waals surface area contributed by atoms with Crippen LogP contribution in [-0.4, -0.2) is 15.9 Å². The highest BCUT2D eigenvalue weighted by molar-refractivity contribution is 6.32. The van der Waals surface area contributed by atoms with Crippen LogP contribution in [0.1, 0.15) is 5.56 Å². The summed E-state index contributed by atoms with van der Waals surface area (Å²) < 4.78 is 0. The minimum absolute atomic E-state index is 0.134. The molecule has 19 heavy (non-hydrogen) atoms. The Morgan fingerprint density at radius 3 is 2.74 bits per heavy atom. The number of aromatic nitrogens is 2. The van der Waals surface area contributed by atoms with Gasteiger partial charge in [0.1, 0.15) is 12.0 Å². The summed E-state index contributed by atoms with van der Waals surface area (Å²) in [6, 6.07) is 9.38. The van der Waals surface area contributed by atoms with Gasteiger partial charge in [0.15, 0.2) is 11.0 Å². The van der Waals surface area contributed by atoms with Crippen LogP contribution >= 0.6 is 11.6 Å². The second-order valence-electron chi connectivity index (χ2n) is 3.76. The Hall–Kier alpha value is -2.34. The number of amides is 1. The third-order valence-corrected chi connectivity index (χ3v) is 2.66. The van der Waals surface area contributed by atoms with Gasteiger partial charge in [-0.25, -0.2) is 9.97 Å². The molecule has 98 valence electrons. The van der Waals surface area contributed by atoms with Crippen LogP contribution in [0.3, 0.4) is 0 Å². The molecule has 0 fully saturated rings. The molecule has 1 amide bonds. The van der Waals surface area contributed by atoms with Crippen molar-refractivity contribution >= 4 is 29.0 Å². The lowest BCUT2D eigenvalue weighted by Gasteiger charge is -2.09. The van der Waals surface area contributed by atoms with Gasteiger partial charge in [-0.2, -0.15) is 0 Å². The van der Waals surface area contributed by atoms with E-state index in [1.807, 2.05) is 30.3 Å². The summed E-state index contributed by atoms with van der Waals surface area (Å²) in [7, 11) is 0. The molecule has 0 spiro atoms. The number of benzene rings is 1. The average Bonchev–Trinajstić information content (AvgIpc) is 2.42. The number of carbonyl (C=O) groups excluding carboxylic acids is 1. The van der Waals surface area contributed by atoms with Crippen LogP contribution in [0.4, 0.5) is 11.5 Å². The number of hydrogen-bond donors (Lipinski definition) is 3. The zero-order chi connectivity index (χ0) is 13.7. The van der Waals surface area contributed by atoms with Crippen molar-refractivity contribution in [1.29, 1.82) is 0 Å². The monoisotopic (exact) mass is 277 g/mol. The molecule has 6 nitrogen and oxygen atoms in total. The number of nitrogen functional groups attached to an aromatic ring is 1. The van der Waals surface area contributed by atoms with Crippen molar-refractivity contribution in [1.82, 2.24) is 15.4 Å². The Bertz CT molecular complexity index is 576. The normalized spacial score (nSPS) is 9.95. The van der Waals surface area contributed by atoms with Gasteiger partial charge in [0.2, 0.25) is 5.91 Å². The highest BCUT2D eigenvalue weighted by Crippen LogP contribution is 2.20. The van der Waals surface area contributed by atoms with E-state index >= 15 is 0 Å². The van der Waals surface area contributed by atoms with E-state index in [1.54, 1.807) is 0 Å². The number of halogens is 1. The lowest BCUT2D eigenvalue weighted by Crippen LogP contribution is -2.31. The number of rotatable bonds is 4. The quantitative estimate of drug-likeness (QED) is 0.580. The molecule has 0 unspecified atom stereocenters. The van der Waals surface area contributed by atoms with Gasteiger partial charge >= 0.3 is 0 Å². The van der Waals surface area contributed by atoms with Crippen LogP contribution in [0.25, 0.3) is 0 Å². The van der Waals surface area contributed by atoms with E-state index < -0.39 is 0 Å². The van der Waals surface area contributed by atoms with Gasteiger partial charge in [0.25, 0.3) is 0 Å². The van der Waals surface area contributed by atoms with E-state index in [1.165, 1.54) is 6.33 Å². The molecular weight excluding hydrogens is 266 g/mol. The Labute approximate surface area is 115 Å². The van der Waals surface area contributed by atoms with Crippen molar-refractivity contribution in [3.05, 3.63) is 47.4 Å². The van der Waals surface area contributed by atoms with Crippen molar-refractivity contribution in [3.63, 3.8) is 0 Å². The number of carbonyl (C=O) groups is 1. The van der Waals surface area contributed by atoms with Gasteiger partial charge in [-0.3, -0.25) is 15.6 Å². The molecule has 0 aliphatic carbocycles. The summed E-state index contributed by atoms with van der Waals surface area (Å²) in [5, 5.41) is 0.134. The van der Waals surface area contributed by atoms with Crippen LogP contribution in [-0.2, 0) is 11.2 Å². The maximum atomic E-state index is 11.7. The van der Waals surface area contributed by atoms with Crippen LogP contribution in [0.5, 0.6) is 0 Å². The molecular formula is C12H12ClN5O. The molecule has 7 heteroatoms. The predicted molar refractivity (Wildman–Crippen MR) is 73.4 cm³/mol. The van der Waals surface area contributed by atoms with E-state index in [0.29, 0.717) is 0 Å². The molecule has 0 saturated carbocycles. The molecule has 0 aliphatic heterocycles. The molecule has 1 heterocycles. The summed E-state index contributed by atoms with van der Waals surface area (Å²) in [5.41, 5.74) is 11.9. The van der Waals surface area contributed by atoms with Crippen LogP contribution in [0, 0.1) is 0 Å². The van der Waals surface area contributed by atoms with Gasteiger partial charge in [0, 0.05) is 0 Å². The average molecular weight is 278 g/mol. The second-order valence-corrected chi connectivity index (χ2v) is 4.12. The zero-order valence-corrected chi connectivity index (χ0v) is 10.7. The topological polar surface area (TPSA) is 92.9 Å². The number of hydrazine groups is 1. The molecule has 0 bridgehead atoms. The molecule has 0 aliphatic rings. The van der Waals surface area contributed by atoms with Crippen LogP contribution in [0.2, 0.25) is 5.15 Å². The molecule has 1 aromatic carbocycles. The van der Waals surface area contributed by atoms with E-state index in [0.717, 1.165) is 5.56 Å². The third-order valence-electron chi connectivity index (χ3n) is 2.36. The fourth-order valence-corrected chi connectivity index (χ4v) is 1.56. The molecule has 0 radical (unpaired) electrons. The lowest BCUT2D eigenvalue weighted by atomic mass is 10.1. The smallest absolute Gasteiger partial charge is 0.242 e. The minimum atomic E-state index is -0.208. The lowest BCUT2D eigenvalue weighted by molar-refractivity contribution is -0.119. The number of nitrogens with zero attached hydrogens (tertiary/aromatic N) is 2. The van der Waals surface area contributed by atoms with Gasteiger partial charge in [-0.15, -0.1) is 0 Å². The first-order valence-electron chi connectivity index (χ1n) is 5.51. The number of hydrogen-bond acceptors (Lipinski definition) is 5. The standard InChI is InChI=1S/C12H12ClN5O/c13-11-10(14)12(16-7-15-11)18-17-9(19)6-8-4-2-1-3-5-8/h1-5,7H,6,14H2,(H,17,19)(H,15,16,18). The second kappa shape index (κ2) is 6.01. The molecule has 2 aromatic rings. The number of nitrogens with one attached hydrogen (secondary N) is 2. The van der Waals surface area contributed by atoms with E-state index in [4.69, 9.17) is 17.3 Å². The molecule has 2 rings (SSSR count). The SMILES string of the molecule is Nc1c(Cl)ncnc1NNC(=O)Cc1ccccc1. The first-order valence-corrected chi connectivity index (χ1v) is 5.89. The van der Waals surface area contributed by atoms with E-state index in [2.05, 4.69) is 20.8 Å². The van der Waals surface area contributed by atoms with Crippen molar-refractivity contribution in [2.24, 2.45) is 0 Å². The van der Waals surface area contributed by atoms with Gasteiger partial charge in [-0.05, 0) is 5.56 Å². The molecule has 0 atom stereocenters.